The predicted octanol–water partition coefficient (Wildman–Crippen LogP) is 2.08. The number of nitrogens with one attached hydrogen (secondary N) is 1. The molecule has 6 heteroatoms. The van der Waals surface area contributed by atoms with Crippen LogP contribution in [0.2, 0.25) is 0 Å². The Morgan fingerprint density at radius 1 is 1.18 bits per heavy atom. The van der Waals surface area contributed by atoms with Crippen LogP contribution < -0.4 is 5.43 Å². The minimum absolute atomic E-state index is 0.0668. The van der Waals surface area contributed by atoms with Crippen molar-refractivity contribution >= 4 is 17.0 Å². The maximum absolute atomic E-state index is 12.2. The van der Waals surface area contributed by atoms with Crippen molar-refractivity contribution < 1.29 is 9.53 Å². The van der Waals surface area contributed by atoms with Crippen LogP contribution in [0.4, 0.5) is 0 Å². The third kappa shape index (κ3) is 2.35. The summed E-state index contributed by atoms with van der Waals surface area (Å²) in [4.78, 5) is 35.4. The summed E-state index contributed by atoms with van der Waals surface area (Å²) in [6.45, 7) is 1.74. The molecule has 2 aromatic heterocycles. The molecule has 0 aliphatic carbocycles. The Bertz CT molecular complexity index is 917. The molecule has 0 spiro atoms. The maximum Gasteiger partial charge on any atom is 0.354 e. The first-order chi connectivity index (χ1) is 10.6. The SMILES string of the molecule is COC(=O)c1cc(=O)c2c(C)nc(-c3ccccc3)nc2[nH]1. The van der Waals surface area contributed by atoms with Crippen molar-refractivity contribution in [2.45, 2.75) is 6.92 Å². The van der Waals surface area contributed by atoms with Crippen LogP contribution in [0.15, 0.2) is 41.2 Å². The van der Waals surface area contributed by atoms with Gasteiger partial charge in [0.25, 0.3) is 0 Å². The van der Waals surface area contributed by atoms with Gasteiger partial charge in [-0.25, -0.2) is 14.8 Å². The van der Waals surface area contributed by atoms with Gasteiger partial charge in [-0.2, -0.15) is 0 Å². The van der Waals surface area contributed by atoms with Gasteiger partial charge in [0.05, 0.1) is 18.2 Å². The summed E-state index contributed by atoms with van der Waals surface area (Å²) in [6.07, 6.45) is 0. The summed E-state index contributed by atoms with van der Waals surface area (Å²) >= 11 is 0. The number of aromatic nitrogens is 3. The van der Waals surface area contributed by atoms with E-state index in [1.807, 2.05) is 30.3 Å². The fraction of sp³-hybridized carbons (Fsp3) is 0.125. The van der Waals surface area contributed by atoms with Gasteiger partial charge in [0.15, 0.2) is 11.3 Å². The van der Waals surface area contributed by atoms with E-state index in [2.05, 4.69) is 19.7 Å². The zero-order valence-electron chi connectivity index (χ0n) is 12.1. The third-order valence-corrected chi connectivity index (χ3v) is 3.30. The number of fused-ring (bicyclic) bond motifs is 1. The molecule has 6 nitrogen and oxygen atoms in total. The molecule has 1 aromatic carbocycles. The summed E-state index contributed by atoms with van der Waals surface area (Å²) in [7, 11) is 1.26. The monoisotopic (exact) mass is 295 g/mol. The molecule has 2 heterocycles. The molecule has 0 amide bonds. The number of ether oxygens (including phenoxy) is 1. The van der Waals surface area contributed by atoms with Crippen molar-refractivity contribution in [1.82, 2.24) is 15.0 Å². The molecule has 110 valence electrons. The van der Waals surface area contributed by atoms with Gasteiger partial charge in [-0.1, -0.05) is 30.3 Å². The molecule has 3 aromatic rings. The molecule has 0 aliphatic heterocycles. The second-order valence-corrected chi connectivity index (χ2v) is 4.76. The second kappa shape index (κ2) is 5.40. The first kappa shape index (κ1) is 13.9. The molecule has 0 fully saturated rings. The Balaban J connectivity index is 2.28. The van der Waals surface area contributed by atoms with Crippen LogP contribution in [0.25, 0.3) is 22.4 Å². The number of pyridine rings is 1. The van der Waals surface area contributed by atoms with E-state index in [-0.39, 0.29) is 11.1 Å². The average Bonchev–Trinajstić information content (AvgIpc) is 2.54. The number of carbonyl (C=O) groups excluding carboxylic acids is 1. The first-order valence-electron chi connectivity index (χ1n) is 6.65. The van der Waals surface area contributed by atoms with E-state index in [9.17, 15) is 9.59 Å². The number of aromatic amines is 1. The molecule has 1 N–H and O–H groups in total. The molecule has 0 unspecified atom stereocenters. The lowest BCUT2D eigenvalue weighted by atomic mass is 10.2. The highest BCUT2D eigenvalue weighted by atomic mass is 16.5. The van der Waals surface area contributed by atoms with E-state index >= 15 is 0 Å². The summed E-state index contributed by atoms with van der Waals surface area (Å²) in [5.74, 6) is -0.125. The van der Waals surface area contributed by atoms with Crippen molar-refractivity contribution in [2.24, 2.45) is 0 Å². The molecule has 0 bridgehead atoms. The van der Waals surface area contributed by atoms with Gasteiger partial charge in [-0.05, 0) is 6.92 Å². The minimum atomic E-state index is -0.614. The zero-order chi connectivity index (χ0) is 15.7. The van der Waals surface area contributed by atoms with Crippen molar-refractivity contribution in [3.8, 4) is 11.4 Å². The highest BCUT2D eigenvalue weighted by Crippen LogP contribution is 2.18. The summed E-state index contributed by atoms with van der Waals surface area (Å²) in [5.41, 5.74) is 1.46. The Kier molecular flexibility index (Phi) is 3.42. The van der Waals surface area contributed by atoms with Crippen molar-refractivity contribution in [1.29, 1.82) is 0 Å². The lowest BCUT2D eigenvalue weighted by molar-refractivity contribution is 0.0594. The Hall–Kier alpha value is -3.02. The van der Waals surface area contributed by atoms with Crippen LogP contribution >= 0.6 is 0 Å². The number of hydrogen-bond acceptors (Lipinski definition) is 5. The molecule has 3 rings (SSSR count). The molecule has 22 heavy (non-hydrogen) atoms. The Morgan fingerprint density at radius 2 is 1.91 bits per heavy atom. The van der Waals surface area contributed by atoms with Crippen LogP contribution in [0.5, 0.6) is 0 Å². The second-order valence-electron chi connectivity index (χ2n) is 4.76. The quantitative estimate of drug-likeness (QED) is 0.732. The zero-order valence-corrected chi connectivity index (χ0v) is 12.1. The van der Waals surface area contributed by atoms with Gasteiger partial charge in [-0.15, -0.1) is 0 Å². The van der Waals surface area contributed by atoms with Gasteiger partial charge in [0.2, 0.25) is 0 Å². The smallest absolute Gasteiger partial charge is 0.354 e. The number of aryl methyl sites for hydroxylation is 1. The van der Waals surface area contributed by atoms with Gasteiger partial charge in [0.1, 0.15) is 11.3 Å². The van der Waals surface area contributed by atoms with Gasteiger partial charge >= 0.3 is 5.97 Å². The van der Waals surface area contributed by atoms with Crippen LogP contribution in [-0.4, -0.2) is 28.0 Å². The highest BCUT2D eigenvalue weighted by molar-refractivity contribution is 5.90. The van der Waals surface area contributed by atoms with E-state index in [0.29, 0.717) is 22.6 Å². The Morgan fingerprint density at radius 3 is 2.59 bits per heavy atom. The highest BCUT2D eigenvalue weighted by Gasteiger charge is 2.14. The molecule has 0 saturated heterocycles. The summed E-state index contributed by atoms with van der Waals surface area (Å²) in [5, 5.41) is 0.368. The van der Waals surface area contributed by atoms with Gasteiger partial charge in [-0.3, -0.25) is 4.79 Å². The van der Waals surface area contributed by atoms with Crippen LogP contribution in [-0.2, 0) is 4.74 Å². The lowest BCUT2D eigenvalue weighted by Crippen LogP contribution is -2.14. The number of nitrogens with zero attached hydrogens (tertiary/aromatic N) is 2. The Labute approximate surface area is 125 Å². The van der Waals surface area contributed by atoms with Crippen molar-refractivity contribution in [3.05, 3.63) is 58.0 Å². The maximum atomic E-state index is 12.2. The molecular formula is C16H13N3O3. The molecule has 0 radical (unpaired) electrons. The van der Waals surface area contributed by atoms with Gasteiger partial charge < -0.3 is 9.72 Å². The first-order valence-corrected chi connectivity index (χ1v) is 6.65. The predicted molar refractivity (Wildman–Crippen MR) is 81.7 cm³/mol. The average molecular weight is 295 g/mol. The fourth-order valence-electron chi connectivity index (χ4n) is 2.26. The number of carbonyl (C=O) groups is 1. The van der Waals surface area contributed by atoms with E-state index in [0.717, 1.165) is 5.56 Å². The number of benzene rings is 1. The summed E-state index contributed by atoms with van der Waals surface area (Å²) in [6, 6.07) is 10.6. The van der Waals surface area contributed by atoms with Crippen molar-refractivity contribution in [2.75, 3.05) is 7.11 Å². The van der Waals surface area contributed by atoms with E-state index in [4.69, 9.17) is 0 Å². The largest absolute Gasteiger partial charge is 0.464 e. The normalized spacial score (nSPS) is 10.6. The van der Waals surface area contributed by atoms with Crippen LogP contribution in [0.3, 0.4) is 0 Å². The number of esters is 1. The van der Waals surface area contributed by atoms with Crippen LogP contribution in [0, 0.1) is 6.92 Å². The number of methoxy groups -OCH3 is 1. The number of H-pyrrole nitrogens is 1. The molecule has 0 atom stereocenters. The van der Waals surface area contributed by atoms with E-state index in [1.54, 1.807) is 6.92 Å². The third-order valence-electron chi connectivity index (χ3n) is 3.30. The lowest BCUT2D eigenvalue weighted by Gasteiger charge is -2.07. The van der Waals surface area contributed by atoms with E-state index in [1.165, 1.54) is 13.2 Å². The van der Waals surface area contributed by atoms with Crippen LogP contribution in [0.1, 0.15) is 16.2 Å². The van der Waals surface area contributed by atoms with Crippen molar-refractivity contribution in [3.63, 3.8) is 0 Å². The standard InChI is InChI=1S/C16H13N3O3/c1-9-13-12(20)8-11(16(21)22-2)18-15(13)19-14(17-9)10-6-4-3-5-7-10/h3-8H,1-2H3,(H,17,18,19,20). The number of rotatable bonds is 2. The number of hydrogen-bond donors (Lipinski definition) is 1. The van der Waals surface area contributed by atoms with E-state index < -0.39 is 5.97 Å². The molecule has 0 saturated carbocycles. The summed E-state index contributed by atoms with van der Waals surface area (Å²) < 4.78 is 4.63. The minimum Gasteiger partial charge on any atom is -0.464 e. The fourth-order valence-corrected chi connectivity index (χ4v) is 2.26. The van der Waals surface area contributed by atoms with Gasteiger partial charge in [0, 0.05) is 11.6 Å². The molecule has 0 aliphatic rings. The molecular weight excluding hydrogens is 282 g/mol. The topological polar surface area (TPSA) is 84.9 Å².